The van der Waals surface area contributed by atoms with Gasteiger partial charge < -0.3 is 9.63 Å². The Morgan fingerprint density at radius 1 is 1.24 bits per heavy atom. The molecule has 0 aliphatic carbocycles. The third-order valence-electron chi connectivity index (χ3n) is 2.82. The number of hydrogen-bond acceptors (Lipinski definition) is 4. The number of benzene rings is 1. The lowest BCUT2D eigenvalue weighted by Crippen LogP contribution is -2.03. The third-order valence-corrected chi connectivity index (χ3v) is 3.95. The van der Waals surface area contributed by atoms with Gasteiger partial charge in [0.15, 0.2) is 11.5 Å². The smallest absolute Gasteiger partial charge is 0.416 e. The first kappa shape index (κ1) is 13.6. The summed E-state index contributed by atoms with van der Waals surface area (Å²) in [7, 11) is 0. The molecule has 0 radical (unpaired) electrons. The van der Waals surface area contributed by atoms with Crippen molar-refractivity contribution in [2.75, 3.05) is 0 Å². The topological polar surface area (TPSA) is 63.3 Å². The highest BCUT2D eigenvalue weighted by Crippen LogP contribution is 2.37. The van der Waals surface area contributed by atoms with E-state index < -0.39 is 17.7 Å². The fourth-order valence-corrected chi connectivity index (χ4v) is 2.82. The van der Waals surface area contributed by atoms with Crippen LogP contribution >= 0.6 is 11.3 Å². The monoisotopic (exact) mass is 313 g/mol. The van der Waals surface area contributed by atoms with Gasteiger partial charge in [0.25, 0.3) is 0 Å². The van der Waals surface area contributed by atoms with Gasteiger partial charge in [0, 0.05) is 10.8 Å². The molecule has 0 spiro atoms. The van der Waals surface area contributed by atoms with Crippen LogP contribution in [0.4, 0.5) is 13.2 Å². The van der Waals surface area contributed by atoms with Crippen molar-refractivity contribution in [3.63, 3.8) is 0 Å². The Kier molecular flexibility index (Phi) is 2.98. The molecule has 8 heteroatoms. The van der Waals surface area contributed by atoms with Gasteiger partial charge in [0.05, 0.1) is 10.4 Å². The summed E-state index contributed by atoms with van der Waals surface area (Å²) in [5, 5.41) is 12.6. The van der Waals surface area contributed by atoms with E-state index in [1.54, 1.807) is 0 Å². The lowest BCUT2D eigenvalue weighted by molar-refractivity contribution is -0.137. The summed E-state index contributed by atoms with van der Waals surface area (Å²) >= 11 is 1.20. The number of rotatable bonds is 2. The van der Waals surface area contributed by atoms with Crippen LogP contribution in [0.5, 0.6) is 0 Å². The van der Waals surface area contributed by atoms with E-state index in [2.05, 4.69) is 5.16 Å². The molecule has 108 valence electrons. The molecule has 3 rings (SSSR count). The molecule has 0 saturated heterocycles. The van der Waals surface area contributed by atoms with Gasteiger partial charge in [0.2, 0.25) is 0 Å². The highest BCUT2D eigenvalue weighted by Gasteiger charge is 2.30. The average molecular weight is 313 g/mol. The minimum atomic E-state index is -4.40. The Labute approximate surface area is 119 Å². The standard InChI is InChI=1S/C13H6F3NO3S/c14-13(15,16)7-1-2-10-6(3-7)4-11(21-10)9-5-8(12(18)19)17-20-9/h1-5H,(H,18,19). The van der Waals surface area contributed by atoms with Gasteiger partial charge in [-0.3, -0.25) is 0 Å². The molecule has 0 aliphatic rings. The molecule has 2 heterocycles. The SMILES string of the molecule is O=C(O)c1cc(-c2cc3cc(C(F)(F)F)ccc3s2)on1. The molecule has 0 fully saturated rings. The summed E-state index contributed by atoms with van der Waals surface area (Å²) in [4.78, 5) is 11.2. The van der Waals surface area contributed by atoms with Gasteiger partial charge in [-0.1, -0.05) is 5.16 Å². The first-order valence-corrected chi connectivity index (χ1v) is 6.47. The van der Waals surface area contributed by atoms with Crippen LogP contribution in [0.2, 0.25) is 0 Å². The number of hydrogen-bond donors (Lipinski definition) is 1. The number of carboxylic acid groups (broad SMARTS) is 1. The number of aromatic nitrogens is 1. The number of nitrogens with zero attached hydrogens (tertiary/aromatic N) is 1. The van der Waals surface area contributed by atoms with Crippen LogP contribution in [0, 0.1) is 0 Å². The Balaban J connectivity index is 2.06. The third kappa shape index (κ3) is 2.49. The van der Waals surface area contributed by atoms with E-state index in [1.165, 1.54) is 29.5 Å². The van der Waals surface area contributed by atoms with E-state index in [0.29, 0.717) is 15.0 Å². The first-order chi connectivity index (χ1) is 9.84. The van der Waals surface area contributed by atoms with Crippen LogP contribution in [0.25, 0.3) is 20.7 Å². The van der Waals surface area contributed by atoms with E-state index >= 15 is 0 Å². The molecule has 0 bridgehead atoms. The first-order valence-electron chi connectivity index (χ1n) is 5.66. The predicted molar refractivity (Wildman–Crippen MR) is 69.3 cm³/mol. The fourth-order valence-electron chi connectivity index (χ4n) is 1.83. The summed E-state index contributed by atoms with van der Waals surface area (Å²) in [5.74, 6) is -1.02. The van der Waals surface area contributed by atoms with Crippen molar-refractivity contribution in [3.8, 4) is 10.6 Å². The fraction of sp³-hybridized carbons (Fsp3) is 0.0769. The second-order valence-corrected chi connectivity index (χ2v) is 5.33. The minimum Gasteiger partial charge on any atom is -0.476 e. The average Bonchev–Trinajstić information content (AvgIpc) is 3.03. The van der Waals surface area contributed by atoms with E-state index in [4.69, 9.17) is 9.63 Å². The van der Waals surface area contributed by atoms with E-state index in [0.717, 1.165) is 12.1 Å². The van der Waals surface area contributed by atoms with Gasteiger partial charge in [0.1, 0.15) is 0 Å². The zero-order chi connectivity index (χ0) is 15.2. The van der Waals surface area contributed by atoms with Crippen molar-refractivity contribution in [2.24, 2.45) is 0 Å². The van der Waals surface area contributed by atoms with Crippen LogP contribution in [-0.2, 0) is 6.18 Å². The van der Waals surface area contributed by atoms with Crippen LogP contribution < -0.4 is 0 Å². The van der Waals surface area contributed by atoms with Crippen LogP contribution in [-0.4, -0.2) is 16.2 Å². The lowest BCUT2D eigenvalue weighted by Gasteiger charge is -2.05. The van der Waals surface area contributed by atoms with Crippen molar-refractivity contribution in [1.82, 2.24) is 5.16 Å². The van der Waals surface area contributed by atoms with Gasteiger partial charge >= 0.3 is 12.1 Å². The van der Waals surface area contributed by atoms with Gasteiger partial charge in [-0.05, 0) is 29.7 Å². The number of carbonyl (C=O) groups is 1. The summed E-state index contributed by atoms with van der Waals surface area (Å²) < 4.78 is 43.5. The summed E-state index contributed by atoms with van der Waals surface area (Å²) in [6.45, 7) is 0. The quantitative estimate of drug-likeness (QED) is 0.767. The molecule has 0 amide bonds. The maximum atomic E-state index is 12.6. The zero-order valence-corrected chi connectivity index (χ0v) is 11.0. The molecular weight excluding hydrogens is 307 g/mol. The van der Waals surface area contributed by atoms with Crippen molar-refractivity contribution in [2.45, 2.75) is 6.18 Å². The van der Waals surface area contributed by atoms with Crippen LogP contribution in [0.1, 0.15) is 16.1 Å². The second-order valence-electron chi connectivity index (χ2n) is 4.24. The van der Waals surface area contributed by atoms with E-state index in [-0.39, 0.29) is 11.5 Å². The molecule has 0 saturated carbocycles. The van der Waals surface area contributed by atoms with Crippen LogP contribution in [0.3, 0.4) is 0 Å². The maximum Gasteiger partial charge on any atom is 0.416 e. The molecule has 1 N–H and O–H groups in total. The van der Waals surface area contributed by atoms with Gasteiger partial charge in [-0.2, -0.15) is 13.2 Å². The Morgan fingerprint density at radius 3 is 2.62 bits per heavy atom. The largest absolute Gasteiger partial charge is 0.476 e. The normalized spacial score (nSPS) is 12.0. The van der Waals surface area contributed by atoms with Gasteiger partial charge in [-0.15, -0.1) is 11.3 Å². The minimum absolute atomic E-state index is 0.210. The lowest BCUT2D eigenvalue weighted by atomic mass is 10.1. The highest BCUT2D eigenvalue weighted by molar-refractivity contribution is 7.22. The number of carboxylic acids is 1. The molecule has 21 heavy (non-hydrogen) atoms. The van der Waals surface area contributed by atoms with E-state index in [1.807, 2.05) is 0 Å². The number of thiophene rings is 1. The van der Waals surface area contributed by atoms with Crippen molar-refractivity contribution < 1.29 is 27.6 Å². The summed E-state index contributed by atoms with van der Waals surface area (Å²) in [5.41, 5.74) is -0.985. The van der Waals surface area contributed by atoms with Gasteiger partial charge in [-0.25, -0.2) is 4.79 Å². The summed E-state index contributed by atoms with van der Waals surface area (Å²) in [6, 6.07) is 6.18. The number of alkyl halides is 3. The van der Waals surface area contributed by atoms with Crippen molar-refractivity contribution in [1.29, 1.82) is 0 Å². The second kappa shape index (κ2) is 4.59. The molecule has 4 nitrogen and oxygen atoms in total. The molecule has 0 unspecified atom stereocenters. The maximum absolute atomic E-state index is 12.6. The molecule has 2 aromatic heterocycles. The highest BCUT2D eigenvalue weighted by atomic mass is 32.1. The van der Waals surface area contributed by atoms with E-state index in [9.17, 15) is 18.0 Å². The number of aromatic carboxylic acids is 1. The molecule has 0 atom stereocenters. The molecular formula is C13H6F3NO3S. The molecule has 0 aliphatic heterocycles. The molecule has 1 aromatic carbocycles. The molecule has 3 aromatic rings. The summed E-state index contributed by atoms with van der Waals surface area (Å²) in [6.07, 6.45) is -4.40. The number of fused-ring (bicyclic) bond motifs is 1. The zero-order valence-electron chi connectivity index (χ0n) is 10.1. The van der Waals surface area contributed by atoms with Crippen LogP contribution in [0.15, 0.2) is 34.9 Å². The van der Waals surface area contributed by atoms with Crippen molar-refractivity contribution in [3.05, 3.63) is 41.6 Å². The Hall–Kier alpha value is -2.35. The Morgan fingerprint density at radius 2 is 2.00 bits per heavy atom. The number of halogens is 3. The Bertz CT molecular complexity index is 835. The predicted octanol–water partition coefficient (Wildman–Crippen LogP) is 4.27. The van der Waals surface area contributed by atoms with Crippen molar-refractivity contribution >= 4 is 27.4 Å².